The van der Waals surface area contributed by atoms with Gasteiger partial charge in [0.1, 0.15) is 0 Å². The summed E-state index contributed by atoms with van der Waals surface area (Å²) >= 11 is 0. The minimum Gasteiger partial charge on any atom is -0.481 e. The van der Waals surface area contributed by atoms with Gasteiger partial charge in [0.05, 0.1) is 24.0 Å². The Bertz CT molecular complexity index is 1490. The number of piperidine rings is 3. The Morgan fingerprint density at radius 2 is 1.82 bits per heavy atom. The van der Waals surface area contributed by atoms with Gasteiger partial charge < -0.3 is 20.3 Å². The number of nitrogens with zero attached hydrogens (tertiary/aromatic N) is 2. The molecule has 2 bridgehead atoms. The summed E-state index contributed by atoms with van der Waals surface area (Å²) in [6.45, 7) is 6.11. The number of aliphatic hydroxyl groups is 1. The van der Waals surface area contributed by atoms with E-state index in [4.69, 9.17) is 10.2 Å². The molecular weight excluding hydrogens is 494 g/mol. The van der Waals surface area contributed by atoms with Gasteiger partial charge in [-0.2, -0.15) is 0 Å². The number of rotatable bonds is 7. The van der Waals surface area contributed by atoms with Gasteiger partial charge in [-0.25, -0.2) is 0 Å². The van der Waals surface area contributed by atoms with E-state index in [0.717, 1.165) is 46.9 Å². The fourth-order valence-corrected chi connectivity index (χ4v) is 6.18. The molecule has 0 radical (unpaired) electrons. The number of para-hydroxylation sites is 2. The van der Waals surface area contributed by atoms with Crippen molar-refractivity contribution in [2.24, 2.45) is 11.8 Å². The quantitative estimate of drug-likeness (QED) is 0.250. The third kappa shape index (κ3) is 5.44. The summed E-state index contributed by atoms with van der Waals surface area (Å²) in [5, 5.41) is 30.7. The molecule has 2 aromatic heterocycles. The number of hydrogen-bond donors (Lipinski definition) is 4. The van der Waals surface area contributed by atoms with Gasteiger partial charge in [0.25, 0.3) is 0 Å². The highest BCUT2D eigenvalue weighted by atomic mass is 16.4. The smallest absolute Gasteiger partial charge is 0.311 e. The van der Waals surface area contributed by atoms with Crippen LogP contribution in [-0.4, -0.2) is 61.3 Å². The van der Waals surface area contributed by atoms with E-state index in [0.29, 0.717) is 17.4 Å². The monoisotopic (exact) mass is 527 g/mol. The lowest BCUT2D eigenvalue weighted by Gasteiger charge is -2.50. The molecule has 3 aliphatic rings. The molecule has 4 N–H and O–H groups in total. The number of carboxylic acid groups (broad SMARTS) is 2. The lowest BCUT2D eigenvalue weighted by Crippen LogP contribution is -2.54. The summed E-state index contributed by atoms with van der Waals surface area (Å²) in [5.74, 6) is -2.01. The van der Waals surface area contributed by atoms with Crippen LogP contribution in [0.2, 0.25) is 0 Å². The topological polar surface area (TPSA) is 127 Å². The number of carbonyl (C=O) groups is 2. The van der Waals surface area contributed by atoms with E-state index in [1.165, 1.54) is 6.42 Å². The molecule has 0 saturated carbocycles. The number of aromatic amines is 1. The van der Waals surface area contributed by atoms with Crippen molar-refractivity contribution in [3.05, 3.63) is 90.8 Å². The summed E-state index contributed by atoms with van der Waals surface area (Å²) < 4.78 is 0. The van der Waals surface area contributed by atoms with Crippen LogP contribution >= 0.6 is 0 Å². The average molecular weight is 528 g/mol. The molecule has 4 aromatic rings. The first-order chi connectivity index (χ1) is 18.9. The number of fused-ring (bicyclic) bond motifs is 5. The zero-order valence-electron chi connectivity index (χ0n) is 21.6. The van der Waals surface area contributed by atoms with Gasteiger partial charge in [-0.15, -0.1) is 6.58 Å². The molecule has 7 rings (SSSR count). The lowest BCUT2D eigenvalue weighted by atomic mass is 9.73. The van der Waals surface area contributed by atoms with Crippen LogP contribution in [0.25, 0.3) is 21.8 Å². The second kappa shape index (κ2) is 11.4. The van der Waals surface area contributed by atoms with Crippen LogP contribution in [0, 0.1) is 11.8 Å². The number of aromatic nitrogens is 2. The first-order valence-corrected chi connectivity index (χ1v) is 13.3. The molecule has 1 unspecified atom stereocenters. The summed E-state index contributed by atoms with van der Waals surface area (Å²) in [7, 11) is 0. The number of hydrogen-bond acceptors (Lipinski definition) is 5. The number of aliphatic carboxylic acids is 2. The van der Waals surface area contributed by atoms with E-state index < -0.39 is 30.4 Å². The highest BCUT2D eigenvalue weighted by Crippen LogP contribution is 2.42. The molecule has 3 saturated heterocycles. The molecule has 0 amide bonds. The van der Waals surface area contributed by atoms with Gasteiger partial charge in [0, 0.05) is 41.3 Å². The van der Waals surface area contributed by atoms with E-state index in [1.807, 2.05) is 42.6 Å². The molecule has 202 valence electrons. The average Bonchev–Trinajstić information content (AvgIpc) is 3.39. The predicted octanol–water partition coefficient (Wildman–Crippen LogP) is 4.98. The summed E-state index contributed by atoms with van der Waals surface area (Å²) in [6.07, 6.45) is 6.90. The van der Waals surface area contributed by atoms with Crippen molar-refractivity contribution in [1.29, 1.82) is 0 Å². The first kappa shape index (κ1) is 26.6. The number of pyridine rings is 1. The van der Waals surface area contributed by atoms with Crippen molar-refractivity contribution < 1.29 is 24.9 Å². The summed E-state index contributed by atoms with van der Waals surface area (Å²) in [5.41, 5.74) is 3.28. The maximum atomic E-state index is 11.1. The van der Waals surface area contributed by atoms with Gasteiger partial charge in [0.2, 0.25) is 0 Å². The number of carboxylic acids is 2. The van der Waals surface area contributed by atoms with Gasteiger partial charge in [-0.3, -0.25) is 19.5 Å². The van der Waals surface area contributed by atoms with Crippen molar-refractivity contribution in [2.45, 2.75) is 37.3 Å². The summed E-state index contributed by atoms with van der Waals surface area (Å²) in [4.78, 5) is 31.6. The fourth-order valence-electron chi connectivity index (χ4n) is 6.18. The van der Waals surface area contributed by atoms with Crippen molar-refractivity contribution in [3.8, 4) is 0 Å². The second-order valence-electron chi connectivity index (χ2n) is 10.4. The Balaban J connectivity index is 0.000000164. The van der Waals surface area contributed by atoms with Gasteiger partial charge in [0.15, 0.2) is 0 Å². The Hall–Kier alpha value is -4.01. The first-order valence-electron chi connectivity index (χ1n) is 13.3. The Labute approximate surface area is 226 Å². The standard InChI is InChI=1S/C19H22N2O.C12H11NO4/c1-2-13-12-21-10-8-14(13)11-18(21)19(22)16-7-9-20-17-6-4-3-5-15(16)17;14-11(15)5-8(12(16)17)9-6-13-10-4-2-1-3-7(9)10/h2-7,9,13-14,18-19,22H,1,8,10-12H2;1-4,6,8,13H,5H2,(H,14,15)(H,16,17)/t13-,14-,18-,19+;8-/m00/s1. The molecule has 3 fully saturated rings. The van der Waals surface area contributed by atoms with Gasteiger partial charge >= 0.3 is 11.9 Å². The van der Waals surface area contributed by atoms with Crippen LogP contribution in [-0.2, 0) is 9.59 Å². The Kier molecular flexibility index (Phi) is 7.77. The number of H-pyrrole nitrogens is 1. The van der Waals surface area contributed by atoms with Crippen LogP contribution in [0.15, 0.2) is 79.6 Å². The Morgan fingerprint density at radius 1 is 1.08 bits per heavy atom. The minimum absolute atomic E-state index is 0.223. The molecule has 3 aliphatic heterocycles. The number of benzene rings is 2. The molecule has 0 spiro atoms. The summed E-state index contributed by atoms with van der Waals surface area (Å²) in [6, 6.07) is 17.5. The largest absolute Gasteiger partial charge is 0.481 e. The number of nitrogens with one attached hydrogen (secondary N) is 1. The third-order valence-corrected chi connectivity index (χ3v) is 8.19. The van der Waals surface area contributed by atoms with Crippen LogP contribution in [0.3, 0.4) is 0 Å². The predicted molar refractivity (Wildman–Crippen MR) is 149 cm³/mol. The maximum Gasteiger partial charge on any atom is 0.311 e. The Morgan fingerprint density at radius 3 is 2.51 bits per heavy atom. The van der Waals surface area contributed by atoms with E-state index in [2.05, 4.69) is 33.6 Å². The number of aliphatic hydroxyl groups excluding tert-OH is 1. The molecule has 8 nitrogen and oxygen atoms in total. The molecule has 6 atom stereocenters. The third-order valence-electron chi connectivity index (χ3n) is 8.19. The zero-order valence-corrected chi connectivity index (χ0v) is 21.6. The van der Waals surface area contributed by atoms with Crippen LogP contribution in [0.4, 0.5) is 0 Å². The van der Waals surface area contributed by atoms with Crippen molar-refractivity contribution in [3.63, 3.8) is 0 Å². The SMILES string of the molecule is C=C[C@H]1CN2CC[C@H]1C[C@H]2[C@H](O)c1ccnc2ccccc12.O=C(O)C[C@H](C(=O)O)c1c[nH]c2ccccc12. The molecule has 39 heavy (non-hydrogen) atoms. The minimum atomic E-state index is -1.13. The van der Waals surface area contributed by atoms with Crippen LogP contribution in [0.1, 0.15) is 42.4 Å². The van der Waals surface area contributed by atoms with E-state index in [1.54, 1.807) is 18.3 Å². The maximum absolute atomic E-state index is 11.1. The lowest BCUT2D eigenvalue weighted by molar-refractivity contribution is -0.145. The van der Waals surface area contributed by atoms with Crippen LogP contribution in [0.5, 0.6) is 0 Å². The van der Waals surface area contributed by atoms with Gasteiger partial charge in [-0.05, 0) is 60.5 Å². The van der Waals surface area contributed by atoms with E-state index in [9.17, 15) is 14.7 Å². The highest BCUT2D eigenvalue weighted by Gasteiger charge is 2.42. The van der Waals surface area contributed by atoms with Crippen molar-refractivity contribution >= 4 is 33.7 Å². The molecule has 2 aromatic carbocycles. The van der Waals surface area contributed by atoms with Gasteiger partial charge in [-0.1, -0.05) is 42.5 Å². The van der Waals surface area contributed by atoms with Crippen molar-refractivity contribution in [1.82, 2.24) is 14.9 Å². The molecular formula is C31H33N3O5. The molecule has 8 heteroatoms. The zero-order chi connectivity index (χ0) is 27.5. The van der Waals surface area contributed by atoms with Crippen LogP contribution < -0.4 is 0 Å². The van der Waals surface area contributed by atoms with E-state index >= 15 is 0 Å². The molecule has 5 heterocycles. The highest BCUT2D eigenvalue weighted by molar-refractivity contribution is 5.91. The normalized spacial score (nSPS) is 23.5. The second-order valence-corrected chi connectivity index (χ2v) is 10.4. The van der Waals surface area contributed by atoms with E-state index in [-0.39, 0.29) is 6.04 Å². The van der Waals surface area contributed by atoms with Crippen molar-refractivity contribution in [2.75, 3.05) is 13.1 Å². The molecule has 0 aliphatic carbocycles. The fraction of sp³-hybridized carbons (Fsp3) is 0.323.